The van der Waals surface area contributed by atoms with E-state index in [2.05, 4.69) is 17.1 Å². The van der Waals surface area contributed by atoms with E-state index in [4.69, 9.17) is 0 Å². The largest absolute Gasteiger partial charge is 0.395 e. The first-order valence-electron chi connectivity index (χ1n) is 7.97. The monoisotopic (exact) mass is 309 g/mol. The quantitative estimate of drug-likeness (QED) is 0.789. The van der Waals surface area contributed by atoms with Gasteiger partial charge in [-0.15, -0.1) is 0 Å². The van der Waals surface area contributed by atoms with Crippen molar-refractivity contribution in [3.63, 3.8) is 0 Å². The lowest BCUT2D eigenvalue weighted by atomic mass is 10.0. The van der Waals surface area contributed by atoms with Crippen molar-refractivity contribution in [1.29, 1.82) is 0 Å². The van der Waals surface area contributed by atoms with Gasteiger partial charge in [-0.3, -0.25) is 9.78 Å². The minimum atomic E-state index is -0.00354. The molecule has 0 saturated heterocycles. The highest BCUT2D eigenvalue weighted by atomic mass is 16.3. The highest BCUT2D eigenvalue weighted by Crippen LogP contribution is 2.34. The van der Waals surface area contributed by atoms with Crippen molar-refractivity contribution in [2.75, 3.05) is 20.2 Å². The summed E-state index contributed by atoms with van der Waals surface area (Å²) in [6.07, 6.45) is 3.60. The van der Waals surface area contributed by atoms with Crippen molar-refractivity contribution < 1.29 is 9.90 Å². The Morgan fingerprint density at radius 2 is 2.17 bits per heavy atom. The van der Waals surface area contributed by atoms with Gasteiger partial charge in [0.15, 0.2) is 0 Å². The van der Waals surface area contributed by atoms with E-state index in [1.54, 1.807) is 11.1 Å². The fourth-order valence-electron chi connectivity index (χ4n) is 3.65. The number of rotatable bonds is 2. The molecule has 0 aliphatic carbocycles. The standard InChI is InChI=1S/C18H19N3O2/c1-20-9-3-5-13-14-7-6-12-4-2-8-19-15(12)16(14)21(10-11-22)17(13)18(20)23/h2,4,6-8,22H,3,5,9-11H2,1H3. The van der Waals surface area contributed by atoms with Crippen LogP contribution >= 0.6 is 0 Å². The number of pyridine rings is 1. The first-order valence-corrected chi connectivity index (χ1v) is 7.97. The van der Waals surface area contributed by atoms with Crippen LogP contribution in [-0.4, -0.2) is 45.7 Å². The smallest absolute Gasteiger partial charge is 0.270 e. The van der Waals surface area contributed by atoms with Crippen LogP contribution in [0, 0.1) is 0 Å². The van der Waals surface area contributed by atoms with Crippen LogP contribution in [0.25, 0.3) is 21.8 Å². The molecule has 1 aliphatic heterocycles. The average molecular weight is 309 g/mol. The summed E-state index contributed by atoms with van der Waals surface area (Å²) in [5.41, 5.74) is 3.66. The third-order valence-electron chi connectivity index (χ3n) is 4.69. The molecule has 0 saturated carbocycles. The van der Waals surface area contributed by atoms with Gasteiger partial charge in [-0.1, -0.05) is 18.2 Å². The van der Waals surface area contributed by atoms with Crippen molar-refractivity contribution >= 4 is 27.7 Å². The number of hydrogen-bond donors (Lipinski definition) is 1. The lowest BCUT2D eigenvalue weighted by Crippen LogP contribution is -2.28. The number of aliphatic hydroxyl groups excluding tert-OH is 1. The lowest BCUT2D eigenvalue weighted by molar-refractivity contribution is 0.0789. The van der Waals surface area contributed by atoms with Gasteiger partial charge in [-0.05, 0) is 24.5 Å². The topological polar surface area (TPSA) is 58.4 Å². The molecular formula is C18H19N3O2. The molecule has 0 bridgehead atoms. The molecule has 1 N–H and O–H groups in total. The second kappa shape index (κ2) is 5.35. The summed E-state index contributed by atoms with van der Waals surface area (Å²) in [4.78, 5) is 19.1. The number of carbonyl (C=O) groups is 1. The normalized spacial score (nSPS) is 15.2. The summed E-state index contributed by atoms with van der Waals surface area (Å²) < 4.78 is 1.96. The SMILES string of the molecule is CN1CCCc2c(n(CCO)c3c2ccc2cccnc23)C1=O. The van der Waals surface area contributed by atoms with Crippen LogP contribution in [-0.2, 0) is 13.0 Å². The molecule has 1 aliphatic rings. The van der Waals surface area contributed by atoms with Gasteiger partial charge in [-0.25, -0.2) is 0 Å². The minimum absolute atomic E-state index is 0.00354. The van der Waals surface area contributed by atoms with E-state index < -0.39 is 0 Å². The van der Waals surface area contributed by atoms with Gasteiger partial charge in [0.05, 0.1) is 17.6 Å². The summed E-state index contributed by atoms with van der Waals surface area (Å²) >= 11 is 0. The Morgan fingerprint density at radius 1 is 1.30 bits per heavy atom. The first-order chi connectivity index (χ1) is 11.2. The van der Waals surface area contributed by atoms with E-state index in [1.165, 1.54) is 0 Å². The molecule has 0 unspecified atom stereocenters. The Balaban J connectivity index is 2.15. The number of amides is 1. The average Bonchev–Trinajstić information content (AvgIpc) is 2.80. The van der Waals surface area contributed by atoms with E-state index in [-0.39, 0.29) is 12.5 Å². The molecule has 0 spiro atoms. The number of fused-ring (bicyclic) bond motifs is 5. The van der Waals surface area contributed by atoms with Gasteiger partial charge >= 0.3 is 0 Å². The number of benzene rings is 1. The molecule has 3 heterocycles. The van der Waals surface area contributed by atoms with Crippen molar-refractivity contribution in [3.8, 4) is 0 Å². The van der Waals surface area contributed by atoms with Gasteiger partial charge in [0.1, 0.15) is 5.69 Å². The minimum Gasteiger partial charge on any atom is -0.395 e. The Morgan fingerprint density at radius 3 is 3.00 bits per heavy atom. The van der Waals surface area contributed by atoms with E-state index in [0.717, 1.165) is 46.8 Å². The molecule has 4 rings (SSSR count). The van der Waals surface area contributed by atoms with Crippen LogP contribution in [0.1, 0.15) is 22.5 Å². The zero-order valence-corrected chi connectivity index (χ0v) is 13.1. The zero-order valence-electron chi connectivity index (χ0n) is 13.1. The first kappa shape index (κ1) is 14.2. The molecule has 5 heteroatoms. The van der Waals surface area contributed by atoms with Gasteiger partial charge in [0.25, 0.3) is 5.91 Å². The fourth-order valence-corrected chi connectivity index (χ4v) is 3.65. The molecule has 3 aromatic rings. The maximum atomic E-state index is 12.8. The third-order valence-corrected chi connectivity index (χ3v) is 4.69. The molecule has 23 heavy (non-hydrogen) atoms. The Hall–Kier alpha value is -2.40. The molecule has 1 aromatic carbocycles. The van der Waals surface area contributed by atoms with Crippen molar-refractivity contribution in [2.45, 2.75) is 19.4 Å². The molecule has 2 aromatic heterocycles. The highest BCUT2D eigenvalue weighted by Gasteiger charge is 2.28. The van der Waals surface area contributed by atoms with E-state index in [0.29, 0.717) is 12.2 Å². The van der Waals surface area contributed by atoms with Crippen molar-refractivity contribution in [2.24, 2.45) is 0 Å². The molecule has 5 nitrogen and oxygen atoms in total. The Kier molecular flexibility index (Phi) is 3.31. The van der Waals surface area contributed by atoms with Gasteiger partial charge in [0.2, 0.25) is 0 Å². The maximum Gasteiger partial charge on any atom is 0.270 e. The summed E-state index contributed by atoms with van der Waals surface area (Å²) in [6, 6.07) is 8.09. The molecule has 0 radical (unpaired) electrons. The number of aromatic nitrogens is 2. The number of hydrogen-bond acceptors (Lipinski definition) is 3. The highest BCUT2D eigenvalue weighted by molar-refractivity contribution is 6.10. The summed E-state index contributed by atoms with van der Waals surface area (Å²) in [7, 11) is 1.84. The van der Waals surface area contributed by atoms with Crippen molar-refractivity contribution in [1.82, 2.24) is 14.5 Å². The predicted molar refractivity (Wildman–Crippen MR) is 89.6 cm³/mol. The van der Waals surface area contributed by atoms with Crippen LogP contribution in [0.15, 0.2) is 30.5 Å². The van der Waals surface area contributed by atoms with Crippen molar-refractivity contribution in [3.05, 3.63) is 41.7 Å². The fraction of sp³-hybridized carbons (Fsp3) is 0.333. The number of aliphatic hydroxyl groups is 1. The summed E-state index contributed by atoms with van der Waals surface area (Å²) in [5, 5.41) is 11.7. The van der Waals surface area contributed by atoms with E-state index in [1.807, 2.05) is 23.7 Å². The van der Waals surface area contributed by atoms with Gasteiger partial charge < -0.3 is 14.6 Å². The second-order valence-corrected chi connectivity index (χ2v) is 6.07. The zero-order chi connectivity index (χ0) is 16.0. The summed E-state index contributed by atoms with van der Waals surface area (Å²) in [6.45, 7) is 1.16. The van der Waals surface area contributed by atoms with Crippen LogP contribution in [0.2, 0.25) is 0 Å². The molecule has 1 amide bonds. The van der Waals surface area contributed by atoms with Crippen LogP contribution < -0.4 is 0 Å². The van der Waals surface area contributed by atoms with Crippen LogP contribution in [0.5, 0.6) is 0 Å². The number of aryl methyl sites for hydroxylation is 1. The van der Waals surface area contributed by atoms with Gasteiger partial charge in [0, 0.05) is 37.1 Å². The number of nitrogens with zero attached hydrogens (tertiary/aromatic N) is 3. The second-order valence-electron chi connectivity index (χ2n) is 6.07. The molecule has 0 fully saturated rings. The number of carbonyl (C=O) groups excluding carboxylic acids is 1. The van der Waals surface area contributed by atoms with Crippen LogP contribution in [0.4, 0.5) is 0 Å². The lowest BCUT2D eigenvalue weighted by Gasteiger charge is -2.16. The van der Waals surface area contributed by atoms with E-state index >= 15 is 0 Å². The molecule has 118 valence electrons. The third kappa shape index (κ3) is 2.04. The summed E-state index contributed by atoms with van der Waals surface area (Å²) in [5.74, 6) is 0.0335. The molecule has 0 atom stereocenters. The van der Waals surface area contributed by atoms with Gasteiger partial charge in [-0.2, -0.15) is 0 Å². The molecular weight excluding hydrogens is 290 g/mol. The van der Waals surface area contributed by atoms with Crippen LogP contribution in [0.3, 0.4) is 0 Å². The Labute approximate surface area is 134 Å². The maximum absolute atomic E-state index is 12.8. The predicted octanol–water partition coefficient (Wildman–Crippen LogP) is 2.20. The Bertz CT molecular complexity index is 913. The van der Waals surface area contributed by atoms with E-state index in [9.17, 15) is 9.90 Å².